The van der Waals surface area contributed by atoms with Gasteiger partial charge >= 0.3 is 0 Å². The normalized spacial score (nSPS) is 13.6. The molecule has 3 rings (SSSR count). The average molecular weight is 404 g/mol. The van der Waals surface area contributed by atoms with E-state index in [4.69, 9.17) is 9.47 Å². The van der Waals surface area contributed by atoms with E-state index in [9.17, 15) is 9.59 Å². The number of hydrogen-bond acceptors (Lipinski definition) is 6. The molecule has 150 valence electrons. The van der Waals surface area contributed by atoms with E-state index in [0.717, 1.165) is 22.8 Å². The molecular formula is C19H24N4O4S. The number of thioether (sulfide) groups is 1. The quantitative estimate of drug-likeness (QED) is 0.619. The van der Waals surface area contributed by atoms with Crippen LogP contribution in [0.4, 0.5) is 5.82 Å². The molecule has 2 amide bonds. The SMILES string of the molecule is COCCNC(=O)Cn1nc2c(c1NC(=O)[C@H](C)Oc1ccccc1)CSC2. The Labute approximate surface area is 168 Å². The minimum atomic E-state index is -0.689. The zero-order valence-electron chi connectivity index (χ0n) is 15.9. The molecule has 0 unspecified atom stereocenters. The van der Waals surface area contributed by atoms with Gasteiger partial charge in [0.25, 0.3) is 5.91 Å². The molecule has 1 aliphatic rings. The standard InChI is InChI=1S/C19H24N4O4S/c1-13(27-14-6-4-3-5-7-14)19(25)21-18-15-11-28-12-16(15)22-23(18)10-17(24)20-8-9-26-2/h3-7,13H,8-12H2,1-2H3,(H,20,24)(H,21,25)/t13-/m0/s1. The van der Waals surface area contributed by atoms with Gasteiger partial charge in [-0.15, -0.1) is 0 Å². The second-order valence-corrected chi connectivity index (χ2v) is 7.32. The molecule has 0 spiro atoms. The summed E-state index contributed by atoms with van der Waals surface area (Å²) >= 11 is 1.73. The summed E-state index contributed by atoms with van der Waals surface area (Å²) in [5.74, 6) is 2.24. The summed E-state index contributed by atoms with van der Waals surface area (Å²) in [5.41, 5.74) is 1.87. The zero-order chi connectivity index (χ0) is 19.9. The number of rotatable bonds is 9. The minimum Gasteiger partial charge on any atom is -0.481 e. The lowest BCUT2D eigenvalue weighted by molar-refractivity contribution is -0.123. The molecule has 2 N–H and O–H groups in total. The van der Waals surface area contributed by atoms with E-state index in [-0.39, 0.29) is 18.4 Å². The number of hydrogen-bond donors (Lipinski definition) is 2. The highest BCUT2D eigenvalue weighted by Gasteiger charge is 2.26. The lowest BCUT2D eigenvalue weighted by Gasteiger charge is -2.16. The lowest BCUT2D eigenvalue weighted by Crippen LogP contribution is -2.33. The molecule has 2 heterocycles. The van der Waals surface area contributed by atoms with Gasteiger partial charge in [-0.1, -0.05) is 18.2 Å². The number of para-hydroxylation sites is 1. The Hall–Kier alpha value is -2.52. The summed E-state index contributed by atoms with van der Waals surface area (Å²) in [6.45, 7) is 2.59. The average Bonchev–Trinajstić information content (AvgIpc) is 3.25. The smallest absolute Gasteiger partial charge is 0.266 e. The van der Waals surface area contributed by atoms with E-state index in [1.807, 2.05) is 18.2 Å². The van der Waals surface area contributed by atoms with Crippen LogP contribution in [0.1, 0.15) is 18.2 Å². The molecule has 2 aromatic rings. The summed E-state index contributed by atoms with van der Waals surface area (Å²) in [5, 5.41) is 10.2. The summed E-state index contributed by atoms with van der Waals surface area (Å²) in [6.07, 6.45) is -0.689. The summed E-state index contributed by atoms with van der Waals surface area (Å²) in [7, 11) is 1.58. The molecule has 0 radical (unpaired) electrons. The van der Waals surface area contributed by atoms with Gasteiger partial charge in [-0.05, 0) is 19.1 Å². The summed E-state index contributed by atoms with van der Waals surface area (Å²) in [4.78, 5) is 24.8. The highest BCUT2D eigenvalue weighted by atomic mass is 32.2. The second kappa shape index (κ2) is 9.61. The number of nitrogens with one attached hydrogen (secondary N) is 2. The van der Waals surface area contributed by atoms with Gasteiger partial charge < -0.3 is 20.1 Å². The van der Waals surface area contributed by atoms with Crippen LogP contribution in [0.5, 0.6) is 5.75 Å². The molecule has 8 nitrogen and oxygen atoms in total. The van der Waals surface area contributed by atoms with Crippen molar-refractivity contribution in [1.82, 2.24) is 15.1 Å². The molecule has 1 aromatic heterocycles. The van der Waals surface area contributed by atoms with Crippen molar-refractivity contribution in [1.29, 1.82) is 0 Å². The number of fused-ring (bicyclic) bond motifs is 1. The van der Waals surface area contributed by atoms with Crippen LogP contribution in [0.15, 0.2) is 30.3 Å². The molecule has 0 aliphatic carbocycles. The van der Waals surface area contributed by atoms with Crippen molar-refractivity contribution in [3.63, 3.8) is 0 Å². The van der Waals surface area contributed by atoms with Crippen LogP contribution in [0, 0.1) is 0 Å². The van der Waals surface area contributed by atoms with Crippen LogP contribution in [-0.2, 0) is 32.4 Å². The zero-order valence-corrected chi connectivity index (χ0v) is 16.8. The Morgan fingerprint density at radius 1 is 1.29 bits per heavy atom. The first-order chi connectivity index (χ1) is 13.6. The molecule has 1 aromatic carbocycles. The van der Waals surface area contributed by atoms with Gasteiger partial charge in [0.1, 0.15) is 18.1 Å². The van der Waals surface area contributed by atoms with Gasteiger partial charge in [0.2, 0.25) is 5.91 Å². The molecule has 1 atom stereocenters. The predicted molar refractivity (Wildman–Crippen MR) is 107 cm³/mol. The number of aromatic nitrogens is 2. The molecule has 1 aliphatic heterocycles. The van der Waals surface area contributed by atoms with Crippen molar-refractivity contribution in [3.05, 3.63) is 41.6 Å². The fourth-order valence-corrected chi connectivity index (χ4v) is 3.81. The molecule has 0 saturated heterocycles. The van der Waals surface area contributed by atoms with Gasteiger partial charge in [0.15, 0.2) is 6.10 Å². The van der Waals surface area contributed by atoms with Crippen LogP contribution in [0.2, 0.25) is 0 Å². The number of ether oxygens (including phenoxy) is 2. The Balaban J connectivity index is 1.68. The third-order valence-electron chi connectivity index (χ3n) is 4.21. The maximum Gasteiger partial charge on any atom is 0.266 e. The van der Waals surface area contributed by atoms with Crippen LogP contribution in [0.3, 0.4) is 0 Å². The fourth-order valence-electron chi connectivity index (χ4n) is 2.78. The Morgan fingerprint density at radius 2 is 2.07 bits per heavy atom. The van der Waals surface area contributed by atoms with Crippen molar-refractivity contribution >= 4 is 29.4 Å². The Morgan fingerprint density at radius 3 is 2.82 bits per heavy atom. The van der Waals surface area contributed by atoms with E-state index < -0.39 is 6.10 Å². The van der Waals surface area contributed by atoms with E-state index in [1.54, 1.807) is 42.6 Å². The first-order valence-electron chi connectivity index (χ1n) is 9.03. The highest BCUT2D eigenvalue weighted by Crippen LogP contribution is 2.34. The molecule has 9 heteroatoms. The summed E-state index contributed by atoms with van der Waals surface area (Å²) < 4.78 is 12.2. The minimum absolute atomic E-state index is 0.0327. The van der Waals surface area contributed by atoms with Crippen LogP contribution in [-0.4, -0.2) is 48.0 Å². The monoisotopic (exact) mass is 404 g/mol. The van der Waals surface area contributed by atoms with Gasteiger partial charge in [-0.25, -0.2) is 4.68 Å². The molecule has 0 fully saturated rings. The van der Waals surface area contributed by atoms with Crippen LogP contribution in [0.25, 0.3) is 0 Å². The third kappa shape index (κ3) is 5.05. The topological polar surface area (TPSA) is 94.5 Å². The number of amides is 2. The summed E-state index contributed by atoms with van der Waals surface area (Å²) in [6, 6.07) is 9.18. The van der Waals surface area contributed by atoms with Crippen LogP contribution < -0.4 is 15.4 Å². The third-order valence-corrected chi connectivity index (χ3v) is 5.18. The second-order valence-electron chi connectivity index (χ2n) is 6.33. The first-order valence-corrected chi connectivity index (χ1v) is 10.2. The Bertz CT molecular complexity index is 825. The largest absolute Gasteiger partial charge is 0.481 e. The van der Waals surface area contributed by atoms with Crippen molar-refractivity contribution in [2.75, 3.05) is 25.6 Å². The first kappa shape index (κ1) is 20.2. The maximum atomic E-state index is 12.7. The number of anilines is 1. The number of carbonyl (C=O) groups excluding carboxylic acids is 2. The fraction of sp³-hybridized carbons (Fsp3) is 0.421. The van der Waals surface area contributed by atoms with Gasteiger partial charge in [-0.2, -0.15) is 16.9 Å². The number of methoxy groups -OCH3 is 1. The maximum absolute atomic E-state index is 12.7. The van der Waals surface area contributed by atoms with E-state index in [1.165, 1.54) is 0 Å². The van der Waals surface area contributed by atoms with Gasteiger partial charge in [-0.3, -0.25) is 9.59 Å². The molecule has 0 bridgehead atoms. The van der Waals surface area contributed by atoms with E-state index in [0.29, 0.717) is 24.7 Å². The van der Waals surface area contributed by atoms with Crippen LogP contribution >= 0.6 is 11.8 Å². The molecular weight excluding hydrogens is 380 g/mol. The van der Waals surface area contributed by atoms with Crippen molar-refractivity contribution in [2.24, 2.45) is 0 Å². The number of benzene rings is 1. The molecule has 28 heavy (non-hydrogen) atoms. The Kier molecular flexibility index (Phi) is 6.94. The van der Waals surface area contributed by atoms with Gasteiger partial charge in [0.05, 0.1) is 12.3 Å². The number of carbonyl (C=O) groups is 2. The highest BCUT2D eigenvalue weighted by molar-refractivity contribution is 7.98. The van der Waals surface area contributed by atoms with Crippen molar-refractivity contribution in [2.45, 2.75) is 31.1 Å². The number of nitrogens with zero attached hydrogens (tertiary/aromatic N) is 2. The predicted octanol–water partition coefficient (Wildman–Crippen LogP) is 1.80. The van der Waals surface area contributed by atoms with E-state index >= 15 is 0 Å². The van der Waals surface area contributed by atoms with Crippen molar-refractivity contribution < 1.29 is 19.1 Å². The molecule has 0 saturated carbocycles. The van der Waals surface area contributed by atoms with Gasteiger partial charge in [0, 0.05) is 30.7 Å². The lowest BCUT2D eigenvalue weighted by atomic mass is 10.2. The van der Waals surface area contributed by atoms with E-state index in [2.05, 4.69) is 15.7 Å². The van der Waals surface area contributed by atoms with Crippen molar-refractivity contribution in [3.8, 4) is 5.75 Å².